The smallest absolute Gasteiger partial charge is 0.125 e. The van der Waals surface area contributed by atoms with E-state index in [0.717, 1.165) is 24.5 Å². The van der Waals surface area contributed by atoms with Crippen molar-refractivity contribution in [3.8, 4) is 0 Å². The van der Waals surface area contributed by atoms with Crippen LogP contribution in [0.25, 0.3) is 0 Å². The Hall–Kier alpha value is -1.09. The van der Waals surface area contributed by atoms with E-state index in [-0.39, 0.29) is 5.82 Å². The number of ether oxygens (including phenoxy) is 1. The lowest BCUT2D eigenvalue weighted by Gasteiger charge is -2.36. The molecule has 0 aliphatic carbocycles. The molecule has 14 heavy (non-hydrogen) atoms. The molecule has 1 fully saturated rings. The van der Waals surface area contributed by atoms with E-state index in [2.05, 4.69) is 4.90 Å². The molecule has 1 heterocycles. The van der Waals surface area contributed by atoms with E-state index < -0.39 is 0 Å². The molecule has 0 atom stereocenters. The third-order valence-corrected chi connectivity index (χ3v) is 2.60. The van der Waals surface area contributed by atoms with Gasteiger partial charge >= 0.3 is 0 Å². The highest BCUT2D eigenvalue weighted by Gasteiger charge is 2.23. The van der Waals surface area contributed by atoms with Crippen LogP contribution in [0.1, 0.15) is 5.56 Å². The molecule has 1 aromatic carbocycles. The quantitative estimate of drug-likeness (QED) is 0.715. The Labute approximate surface area is 83.3 Å². The van der Waals surface area contributed by atoms with Crippen molar-refractivity contribution < 1.29 is 9.13 Å². The molecule has 0 bridgehead atoms. The fraction of sp³-hybridized carbons (Fsp3) is 0.455. The topological polar surface area (TPSA) is 12.5 Å². The minimum Gasteiger partial charge on any atom is -0.377 e. The first kappa shape index (κ1) is 9.46. The predicted molar refractivity (Wildman–Crippen MR) is 54.1 cm³/mol. The van der Waals surface area contributed by atoms with Crippen LogP contribution in [-0.2, 0) is 4.74 Å². The van der Waals surface area contributed by atoms with Gasteiger partial charge in [0.1, 0.15) is 5.82 Å². The summed E-state index contributed by atoms with van der Waals surface area (Å²) in [5, 5.41) is 0. The SMILES string of the molecule is Cc1cc(F)cc(N(C)C2COC2)c1. The second kappa shape index (κ2) is 3.58. The summed E-state index contributed by atoms with van der Waals surface area (Å²) >= 11 is 0. The summed E-state index contributed by atoms with van der Waals surface area (Å²) in [5.41, 5.74) is 1.88. The Bertz CT molecular complexity index is 316. The van der Waals surface area contributed by atoms with Crippen LogP contribution in [0.5, 0.6) is 0 Å². The molecule has 1 saturated heterocycles. The zero-order chi connectivity index (χ0) is 10.1. The lowest BCUT2D eigenvalue weighted by molar-refractivity contribution is 0.0101. The summed E-state index contributed by atoms with van der Waals surface area (Å²) in [5.74, 6) is -0.174. The number of anilines is 1. The summed E-state index contributed by atoms with van der Waals surface area (Å²) in [7, 11) is 1.97. The summed E-state index contributed by atoms with van der Waals surface area (Å²) in [6.45, 7) is 3.38. The van der Waals surface area contributed by atoms with Gasteiger partial charge in [0.15, 0.2) is 0 Å². The Morgan fingerprint density at radius 2 is 2.07 bits per heavy atom. The Morgan fingerprint density at radius 3 is 2.57 bits per heavy atom. The molecule has 0 saturated carbocycles. The van der Waals surface area contributed by atoms with Gasteiger partial charge in [-0.3, -0.25) is 0 Å². The number of benzene rings is 1. The van der Waals surface area contributed by atoms with Crippen LogP contribution in [0.2, 0.25) is 0 Å². The van der Waals surface area contributed by atoms with E-state index in [1.165, 1.54) is 6.07 Å². The first-order valence-electron chi connectivity index (χ1n) is 4.74. The van der Waals surface area contributed by atoms with Gasteiger partial charge in [0.25, 0.3) is 0 Å². The van der Waals surface area contributed by atoms with Gasteiger partial charge in [-0.2, -0.15) is 0 Å². The van der Waals surface area contributed by atoms with Crippen LogP contribution in [0.4, 0.5) is 10.1 Å². The van der Waals surface area contributed by atoms with Crippen molar-refractivity contribution in [3.63, 3.8) is 0 Å². The molecule has 2 rings (SSSR count). The van der Waals surface area contributed by atoms with Gasteiger partial charge in [-0.1, -0.05) is 0 Å². The second-order valence-corrected chi connectivity index (χ2v) is 3.79. The summed E-state index contributed by atoms with van der Waals surface area (Å²) in [6.07, 6.45) is 0. The number of hydrogen-bond acceptors (Lipinski definition) is 2. The molecule has 0 radical (unpaired) electrons. The van der Waals surface area contributed by atoms with Crippen molar-refractivity contribution in [2.75, 3.05) is 25.2 Å². The van der Waals surface area contributed by atoms with Crippen molar-refractivity contribution in [1.82, 2.24) is 0 Å². The first-order chi connectivity index (χ1) is 6.66. The number of likely N-dealkylation sites (N-methyl/N-ethyl adjacent to an activating group) is 1. The van der Waals surface area contributed by atoms with Gasteiger partial charge in [0.2, 0.25) is 0 Å². The van der Waals surface area contributed by atoms with Gasteiger partial charge in [0.05, 0.1) is 19.3 Å². The van der Waals surface area contributed by atoms with Gasteiger partial charge in [-0.15, -0.1) is 0 Å². The van der Waals surface area contributed by atoms with Crippen molar-refractivity contribution in [1.29, 1.82) is 0 Å². The lowest BCUT2D eigenvalue weighted by Crippen LogP contribution is -2.47. The second-order valence-electron chi connectivity index (χ2n) is 3.79. The van der Waals surface area contributed by atoms with E-state index in [1.807, 2.05) is 20.0 Å². The molecule has 0 amide bonds. The zero-order valence-electron chi connectivity index (χ0n) is 8.46. The highest BCUT2D eigenvalue weighted by atomic mass is 19.1. The maximum atomic E-state index is 13.1. The van der Waals surface area contributed by atoms with Crippen molar-refractivity contribution in [2.24, 2.45) is 0 Å². The van der Waals surface area contributed by atoms with E-state index in [1.54, 1.807) is 6.07 Å². The van der Waals surface area contributed by atoms with Gasteiger partial charge in [0, 0.05) is 12.7 Å². The van der Waals surface area contributed by atoms with Crippen LogP contribution in [-0.4, -0.2) is 26.3 Å². The molecule has 76 valence electrons. The Kier molecular flexibility index (Phi) is 2.42. The molecule has 0 aromatic heterocycles. The summed E-state index contributed by atoms with van der Waals surface area (Å²) in [4.78, 5) is 2.07. The van der Waals surface area contributed by atoms with Crippen LogP contribution >= 0.6 is 0 Å². The van der Waals surface area contributed by atoms with E-state index >= 15 is 0 Å². The molecule has 3 heteroatoms. The number of nitrogens with zero attached hydrogens (tertiary/aromatic N) is 1. The van der Waals surface area contributed by atoms with E-state index in [9.17, 15) is 4.39 Å². The summed E-state index contributed by atoms with van der Waals surface area (Å²) < 4.78 is 18.2. The largest absolute Gasteiger partial charge is 0.377 e. The maximum absolute atomic E-state index is 13.1. The molecule has 0 spiro atoms. The molecular weight excluding hydrogens is 181 g/mol. The lowest BCUT2D eigenvalue weighted by atomic mass is 10.1. The molecule has 1 aliphatic heterocycles. The van der Waals surface area contributed by atoms with Gasteiger partial charge in [-0.05, 0) is 30.7 Å². The third-order valence-electron chi connectivity index (χ3n) is 2.60. The normalized spacial score (nSPS) is 16.5. The molecule has 2 nitrogen and oxygen atoms in total. The van der Waals surface area contributed by atoms with Crippen LogP contribution in [0.15, 0.2) is 18.2 Å². The van der Waals surface area contributed by atoms with Crippen molar-refractivity contribution in [2.45, 2.75) is 13.0 Å². The van der Waals surface area contributed by atoms with Crippen molar-refractivity contribution >= 4 is 5.69 Å². The van der Waals surface area contributed by atoms with Gasteiger partial charge in [-0.25, -0.2) is 4.39 Å². The average molecular weight is 195 g/mol. The summed E-state index contributed by atoms with van der Waals surface area (Å²) in [6, 6.07) is 5.48. The predicted octanol–water partition coefficient (Wildman–Crippen LogP) is 1.97. The maximum Gasteiger partial charge on any atom is 0.125 e. The minimum absolute atomic E-state index is 0.174. The van der Waals surface area contributed by atoms with Gasteiger partial charge < -0.3 is 9.64 Å². The third kappa shape index (κ3) is 1.73. The molecule has 1 aromatic rings. The number of rotatable bonds is 2. The highest BCUT2D eigenvalue weighted by Crippen LogP contribution is 2.21. The number of hydrogen-bond donors (Lipinski definition) is 0. The minimum atomic E-state index is -0.174. The molecule has 0 unspecified atom stereocenters. The van der Waals surface area contributed by atoms with Crippen LogP contribution < -0.4 is 4.90 Å². The number of halogens is 1. The zero-order valence-corrected chi connectivity index (χ0v) is 8.46. The fourth-order valence-electron chi connectivity index (χ4n) is 1.58. The standard InChI is InChI=1S/C11H14FNO/c1-8-3-9(12)5-10(4-8)13(2)11-6-14-7-11/h3-5,11H,6-7H2,1-2H3. The Morgan fingerprint density at radius 1 is 1.36 bits per heavy atom. The Balaban J connectivity index is 2.21. The van der Waals surface area contributed by atoms with E-state index in [0.29, 0.717) is 6.04 Å². The monoisotopic (exact) mass is 195 g/mol. The first-order valence-corrected chi connectivity index (χ1v) is 4.74. The average Bonchev–Trinajstić information content (AvgIpc) is 1.98. The van der Waals surface area contributed by atoms with Crippen LogP contribution in [0, 0.1) is 12.7 Å². The molecular formula is C11H14FNO. The number of aryl methyl sites for hydroxylation is 1. The fourth-order valence-corrected chi connectivity index (χ4v) is 1.58. The van der Waals surface area contributed by atoms with E-state index in [4.69, 9.17) is 4.74 Å². The van der Waals surface area contributed by atoms with Crippen molar-refractivity contribution in [3.05, 3.63) is 29.6 Å². The molecule has 1 aliphatic rings. The highest BCUT2D eigenvalue weighted by molar-refractivity contribution is 5.49. The van der Waals surface area contributed by atoms with Crippen LogP contribution in [0.3, 0.4) is 0 Å². The molecule has 0 N–H and O–H groups in total.